The number of fused-ring (bicyclic) bond motifs is 1. The zero-order valence-electron chi connectivity index (χ0n) is 15.0. The van der Waals surface area contributed by atoms with Crippen molar-refractivity contribution in [3.63, 3.8) is 0 Å². The molecule has 24 heavy (non-hydrogen) atoms. The summed E-state index contributed by atoms with van der Waals surface area (Å²) in [5.41, 5.74) is 1.52. The van der Waals surface area contributed by atoms with Crippen molar-refractivity contribution in [1.29, 1.82) is 0 Å². The number of nitrogens with zero attached hydrogens (tertiary/aromatic N) is 3. The summed E-state index contributed by atoms with van der Waals surface area (Å²) in [6, 6.07) is 0.193. The Morgan fingerprint density at radius 2 is 2.08 bits per heavy atom. The van der Waals surface area contributed by atoms with Gasteiger partial charge in [-0.1, -0.05) is 0 Å². The zero-order valence-corrected chi connectivity index (χ0v) is 15.0. The van der Waals surface area contributed by atoms with Gasteiger partial charge in [-0.2, -0.15) is 5.10 Å². The molecule has 0 radical (unpaired) electrons. The van der Waals surface area contributed by atoms with Crippen LogP contribution in [0.5, 0.6) is 0 Å². The molecule has 0 unspecified atom stereocenters. The number of aromatic nitrogens is 2. The Balaban J connectivity index is 1.89. The van der Waals surface area contributed by atoms with Crippen molar-refractivity contribution in [2.24, 2.45) is 11.3 Å². The van der Waals surface area contributed by atoms with E-state index in [1.807, 2.05) is 32.4 Å². The summed E-state index contributed by atoms with van der Waals surface area (Å²) in [7, 11) is 1.39. The van der Waals surface area contributed by atoms with E-state index in [2.05, 4.69) is 5.10 Å². The number of hydrogen-bond acceptors (Lipinski definition) is 5. The van der Waals surface area contributed by atoms with E-state index in [1.165, 1.54) is 7.11 Å². The third-order valence-electron chi connectivity index (χ3n) is 5.28. The maximum atomic E-state index is 13.1. The number of ether oxygens (including phenoxy) is 2. The molecule has 0 aliphatic carbocycles. The number of carbonyl (C=O) groups excluding carboxylic acids is 2. The van der Waals surface area contributed by atoms with Gasteiger partial charge < -0.3 is 14.4 Å². The van der Waals surface area contributed by atoms with Gasteiger partial charge in [0.2, 0.25) is 0 Å². The van der Waals surface area contributed by atoms with E-state index >= 15 is 0 Å². The van der Waals surface area contributed by atoms with Crippen LogP contribution >= 0.6 is 0 Å². The number of likely N-dealkylation sites (tertiary alicyclic amines) is 1. The Morgan fingerprint density at radius 1 is 1.38 bits per heavy atom. The number of amides is 1. The van der Waals surface area contributed by atoms with Crippen molar-refractivity contribution in [3.8, 4) is 0 Å². The molecule has 2 atom stereocenters. The Labute approximate surface area is 141 Å². The molecule has 0 bridgehead atoms. The van der Waals surface area contributed by atoms with Crippen molar-refractivity contribution >= 4 is 11.9 Å². The van der Waals surface area contributed by atoms with E-state index in [4.69, 9.17) is 9.47 Å². The molecule has 0 aromatic carbocycles. The summed E-state index contributed by atoms with van der Waals surface area (Å²) >= 11 is 0. The first-order valence-electron chi connectivity index (χ1n) is 8.33. The molecule has 2 saturated heterocycles. The lowest BCUT2D eigenvalue weighted by Crippen LogP contribution is -2.41. The fraction of sp³-hybridized carbons (Fsp3) is 0.706. The standard InChI is InChI=1S/C17H25N3O4/c1-10(2)20-12(4)14(11(3)18-20)15(21)19-6-13-7-24-9-17(13,8-19)16(22)23-5/h10,13H,6-9H2,1-5H3/t13-,17-/m0/s1. The van der Waals surface area contributed by atoms with Gasteiger partial charge in [-0.05, 0) is 27.7 Å². The molecular formula is C17H25N3O4. The molecule has 0 spiro atoms. The van der Waals surface area contributed by atoms with Crippen LogP contribution in [0.25, 0.3) is 0 Å². The molecule has 2 aliphatic heterocycles. The first-order chi connectivity index (χ1) is 11.3. The summed E-state index contributed by atoms with van der Waals surface area (Å²) in [6.45, 7) is 9.52. The first-order valence-corrected chi connectivity index (χ1v) is 8.33. The SMILES string of the molecule is COC(=O)[C@@]12COC[C@@H]1CN(C(=O)c1c(C)nn(C(C)C)c1C)C2. The van der Waals surface area contributed by atoms with Crippen LogP contribution in [-0.2, 0) is 14.3 Å². The van der Waals surface area contributed by atoms with Gasteiger partial charge in [-0.15, -0.1) is 0 Å². The predicted octanol–water partition coefficient (Wildman–Crippen LogP) is 1.34. The van der Waals surface area contributed by atoms with Crippen LogP contribution in [-0.4, -0.2) is 60.0 Å². The van der Waals surface area contributed by atoms with Crippen molar-refractivity contribution in [3.05, 3.63) is 17.0 Å². The third kappa shape index (κ3) is 2.33. The highest BCUT2D eigenvalue weighted by atomic mass is 16.5. The Kier molecular flexibility index (Phi) is 4.15. The molecule has 7 nitrogen and oxygen atoms in total. The largest absolute Gasteiger partial charge is 0.468 e. The van der Waals surface area contributed by atoms with Crippen LogP contribution in [0.15, 0.2) is 0 Å². The highest BCUT2D eigenvalue weighted by Gasteiger charge is 2.58. The Hall–Kier alpha value is -1.89. The van der Waals surface area contributed by atoms with E-state index in [1.54, 1.807) is 4.90 Å². The second-order valence-electron chi connectivity index (χ2n) is 7.13. The summed E-state index contributed by atoms with van der Waals surface area (Å²) < 4.78 is 12.4. The van der Waals surface area contributed by atoms with Gasteiger partial charge in [-0.25, -0.2) is 0 Å². The van der Waals surface area contributed by atoms with Crippen molar-refractivity contribution < 1.29 is 19.1 Å². The molecule has 3 rings (SSSR count). The van der Waals surface area contributed by atoms with Crippen LogP contribution in [0.1, 0.15) is 41.6 Å². The van der Waals surface area contributed by atoms with Gasteiger partial charge in [0.15, 0.2) is 0 Å². The molecule has 1 aromatic heterocycles. The Bertz CT molecular complexity index is 682. The fourth-order valence-electron chi connectivity index (χ4n) is 4.02. The van der Waals surface area contributed by atoms with Crippen LogP contribution in [0.4, 0.5) is 0 Å². The minimum Gasteiger partial charge on any atom is -0.468 e. The molecule has 132 valence electrons. The van der Waals surface area contributed by atoms with Crippen LogP contribution in [0, 0.1) is 25.2 Å². The number of esters is 1. The normalized spacial score (nSPS) is 26.1. The summed E-state index contributed by atoms with van der Waals surface area (Å²) in [5.74, 6) is -0.351. The summed E-state index contributed by atoms with van der Waals surface area (Å²) in [4.78, 5) is 27.1. The smallest absolute Gasteiger partial charge is 0.316 e. The number of hydrogen-bond donors (Lipinski definition) is 0. The quantitative estimate of drug-likeness (QED) is 0.780. The van der Waals surface area contributed by atoms with Gasteiger partial charge in [0.1, 0.15) is 5.41 Å². The molecule has 3 heterocycles. The lowest BCUT2D eigenvalue weighted by atomic mass is 9.81. The second kappa shape index (κ2) is 5.88. The molecule has 0 N–H and O–H groups in total. The molecule has 7 heteroatoms. The molecule has 0 saturated carbocycles. The average Bonchev–Trinajstić information content (AvgIpc) is 3.16. The lowest BCUT2D eigenvalue weighted by molar-refractivity contribution is -0.153. The van der Waals surface area contributed by atoms with E-state index < -0.39 is 5.41 Å². The second-order valence-corrected chi connectivity index (χ2v) is 7.13. The maximum absolute atomic E-state index is 13.1. The molecular weight excluding hydrogens is 310 g/mol. The van der Waals surface area contributed by atoms with Crippen LogP contribution in [0.2, 0.25) is 0 Å². The molecule has 2 aliphatic rings. The zero-order chi connectivity index (χ0) is 17.6. The van der Waals surface area contributed by atoms with Crippen molar-refractivity contribution in [1.82, 2.24) is 14.7 Å². The van der Waals surface area contributed by atoms with Crippen molar-refractivity contribution in [2.75, 3.05) is 33.4 Å². The first kappa shape index (κ1) is 17.0. The minimum atomic E-state index is -0.722. The topological polar surface area (TPSA) is 73.7 Å². The van der Waals surface area contributed by atoms with Crippen LogP contribution < -0.4 is 0 Å². The average molecular weight is 335 g/mol. The van der Waals surface area contributed by atoms with Gasteiger partial charge in [0.05, 0.1) is 31.6 Å². The molecule has 2 fully saturated rings. The fourth-order valence-corrected chi connectivity index (χ4v) is 4.02. The van der Waals surface area contributed by atoms with Gasteiger partial charge in [0.25, 0.3) is 5.91 Å². The number of carbonyl (C=O) groups is 2. The van der Waals surface area contributed by atoms with Gasteiger partial charge >= 0.3 is 5.97 Å². The van der Waals surface area contributed by atoms with E-state index in [0.717, 1.165) is 11.4 Å². The van der Waals surface area contributed by atoms with Crippen molar-refractivity contribution in [2.45, 2.75) is 33.7 Å². The summed E-state index contributed by atoms with van der Waals surface area (Å²) in [5, 5.41) is 4.50. The third-order valence-corrected chi connectivity index (χ3v) is 5.28. The highest BCUT2D eigenvalue weighted by Crippen LogP contribution is 2.43. The number of methoxy groups -OCH3 is 1. The summed E-state index contributed by atoms with van der Waals surface area (Å²) in [6.07, 6.45) is 0. The monoisotopic (exact) mass is 335 g/mol. The number of rotatable bonds is 3. The highest BCUT2D eigenvalue weighted by molar-refractivity contribution is 5.97. The van der Waals surface area contributed by atoms with E-state index in [-0.39, 0.29) is 23.8 Å². The molecule has 1 amide bonds. The maximum Gasteiger partial charge on any atom is 0.316 e. The predicted molar refractivity (Wildman–Crippen MR) is 86.7 cm³/mol. The van der Waals surface area contributed by atoms with Gasteiger partial charge in [0, 0.05) is 30.7 Å². The minimum absolute atomic E-state index is 0.00495. The number of aryl methyl sites for hydroxylation is 1. The van der Waals surface area contributed by atoms with E-state index in [9.17, 15) is 9.59 Å². The lowest BCUT2D eigenvalue weighted by Gasteiger charge is -2.24. The Morgan fingerprint density at radius 3 is 2.67 bits per heavy atom. The van der Waals surface area contributed by atoms with Gasteiger partial charge in [-0.3, -0.25) is 14.3 Å². The van der Waals surface area contributed by atoms with E-state index in [0.29, 0.717) is 31.9 Å². The van der Waals surface area contributed by atoms with Crippen LogP contribution in [0.3, 0.4) is 0 Å². The molecule has 1 aromatic rings.